The van der Waals surface area contributed by atoms with E-state index in [2.05, 4.69) is 32.6 Å². The largest absolute Gasteiger partial charge is 0.378 e. The Bertz CT molecular complexity index is 212. The van der Waals surface area contributed by atoms with Crippen LogP contribution in [0.4, 0.5) is 0 Å². The minimum atomic E-state index is -0.344. The van der Waals surface area contributed by atoms with E-state index in [0.29, 0.717) is 11.4 Å². The molecule has 2 aliphatic heterocycles. The van der Waals surface area contributed by atoms with Gasteiger partial charge in [-0.25, -0.2) is 0 Å². The molecule has 1 saturated heterocycles. The van der Waals surface area contributed by atoms with Crippen molar-refractivity contribution in [2.45, 2.75) is 24.1 Å². The van der Waals surface area contributed by atoms with Crippen molar-refractivity contribution in [1.29, 1.82) is 0 Å². The van der Waals surface area contributed by atoms with Gasteiger partial charge in [0.05, 0.1) is 9.98 Å². The summed E-state index contributed by atoms with van der Waals surface area (Å²) in [6.07, 6.45) is 2.72. The Hall–Kier alpha value is 0.290. The zero-order valence-electron chi connectivity index (χ0n) is 6.46. The number of hydrogen-bond donors (Lipinski definition) is 3. The molecular formula is C7H11BrN2OS. The van der Waals surface area contributed by atoms with E-state index in [-0.39, 0.29) is 6.23 Å². The van der Waals surface area contributed by atoms with Crippen molar-refractivity contribution in [3.05, 3.63) is 10.7 Å². The highest BCUT2D eigenvalue weighted by Crippen LogP contribution is 2.26. The van der Waals surface area contributed by atoms with Crippen molar-refractivity contribution >= 4 is 27.7 Å². The first-order valence-electron chi connectivity index (χ1n) is 3.93. The molecule has 0 saturated carbocycles. The third kappa shape index (κ3) is 1.79. The van der Waals surface area contributed by atoms with Crippen LogP contribution in [0, 0.1) is 0 Å². The molecule has 5 heteroatoms. The average molecular weight is 251 g/mol. The lowest BCUT2D eigenvalue weighted by atomic mass is 10.1. The number of thioether (sulfide) groups is 1. The van der Waals surface area contributed by atoms with E-state index in [0.717, 1.165) is 16.8 Å². The van der Waals surface area contributed by atoms with Gasteiger partial charge in [-0.05, 0) is 22.4 Å². The highest BCUT2D eigenvalue weighted by atomic mass is 79.9. The van der Waals surface area contributed by atoms with Gasteiger partial charge in [-0.3, -0.25) is 5.32 Å². The number of fused-ring (bicyclic) bond motifs is 1. The van der Waals surface area contributed by atoms with Crippen LogP contribution in [-0.4, -0.2) is 28.5 Å². The Balaban J connectivity index is 2.02. The number of aliphatic hydroxyl groups is 1. The molecule has 3 nitrogen and oxygen atoms in total. The van der Waals surface area contributed by atoms with Crippen LogP contribution in [0.5, 0.6) is 0 Å². The van der Waals surface area contributed by atoms with Gasteiger partial charge < -0.3 is 10.4 Å². The average Bonchev–Trinajstić information content (AvgIpc) is 2.05. The van der Waals surface area contributed by atoms with Gasteiger partial charge in [-0.15, -0.1) is 11.8 Å². The smallest absolute Gasteiger partial charge is 0.114 e. The van der Waals surface area contributed by atoms with Crippen molar-refractivity contribution in [2.75, 3.05) is 5.75 Å². The van der Waals surface area contributed by atoms with E-state index in [1.165, 1.54) is 0 Å². The SMILES string of the molecule is OC1CSC2NC(Br)=CCC2N1. The molecule has 3 atom stereocenters. The Morgan fingerprint density at radius 2 is 2.50 bits per heavy atom. The van der Waals surface area contributed by atoms with Crippen LogP contribution in [0.3, 0.4) is 0 Å². The third-order valence-electron chi connectivity index (χ3n) is 2.04. The van der Waals surface area contributed by atoms with Gasteiger partial charge in [-0.2, -0.15) is 0 Å². The Morgan fingerprint density at radius 3 is 3.33 bits per heavy atom. The molecule has 0 spiro atoms. The van der Waals surface area contributed by atoms with Crippen LogP contribution >= 0.6 is 27.7 Å². The molecule has 1 fully saturated rings. The van der Waals surface area contributed by atoms with E-state index < -0.39 is 0 Å². The molecule has 2 rings (SSSR count). The number of aliphatic hydroxyl groups excluding tert-OH is 1. The van der Waals surface area contributed by atoms with Crippen LogP contribution in [-0.2, 0) is 0 Å². The second kappa shape index (κ2) is 3.57. The molecule has 2 heterocycles. The molecule has 12 heavy (non-hydrogen) atoms. The summed E-state index contributed by atoms with van der Waals surface area (Å²) in [7, 11) is 0. The second-order valence-electron chi connectivity index (χ2n) is 2.97. The van der Waals surface area contributed by atoms with Gasteiger partial charge in [-0.1, -0.05) is 6.08 Å². The maximum Gasteiger partial charge on any atom is 0.114 e. The summed E-state index contributed by atoms with van der Waals surface area (Å²) in [6.45, 7) is 0. The van der Waals surface area contributed by atoms with Crippen LogP contribution in [0.25, 0.3) is 0 Å². The number of hydrogen-bond acceptors (Lipinski definition) is 4. The Labute approximate surface area is 84.1 Å². The molecule has 3 N–H and O–H groups in total. The fourth-order valence-corrected chi connectivity index (χ4v) is 3.16. The number of rotatable bonds is 0. The van der Waals surface area contributed by atoms with Crippen molar-refractivity contribution < 1.29 is 5.11 Å². The molecule has 0 amide bonds. The van der Waals surface area contributed by atoms with E-state index in [4.69, 9.17) is 0 Å². The summed E-state index contributed by atoms with van der Waals surface area (Å²) in [4.78, 5) is 0. The molecule has 0 aromatic carbocycles. The molecule has 0 bridgehead atoms. The van der Waals surface area contributed by atoms with E-state index >= 15 is 0 Å². The molecule has 3 unspecified atom stereocenters. The first kappa shape index (κ1) is 8.87. The van der Waals surface area contributed by atoms with Gasteiger partial charge in [0.2, 0.25) is 0 Å². The second-order valence-corrected chi connectivity index (χ2v) is 5.00. The van der Waals surface area contributed by atoms with Crippen LogP contribution in [0.15, 0.2) is 10.7 Å². The molecule has 0 aromatic rings. The van der Waals surface area contributed by atoms with Crippen molar-refractivity contribution in [3.63, 3.8) is 0 Å². The molecule has 0 aliphatic carbocycles. The maximum atomic E-state index is 9.32. The zero-order valence-corrected chi connectivity index (χ0v) is 8.86. The monoisotopic (exact) mass is 250 g/mol. The van der Waals surface area contributed by atoms with E-state index in [1.54, 1.807) is 11.8 Å². The Kier molecular flexibility index (Phi) is 2.64. The van der Waals surface area contributed by atoms with Gasteiger partial charge in [0.1, 0.15) is 6.23 Å². The fraction of sp³-hybridized carbons (Fsp3) is 0.714. The minimum absolute atomic E-state index is 0.344. The lowest BCUT2D eigenvalue weighted by Crippen LogP contribution is -2.55. The standard InChI is InChI=1S/C7H11BrN2OS/c8-5-2-1-4-7(10-5)12-3-6(11)9-4/h2,4,6-7,9-11H,1,3H2. The Morgan fingerprint density at radius 1 is 1.67 bits per heavy atom. The fourth-order valence-electron chi connectivity index (χ4n) is 1.45. The maximum absolute atomic E-state index is 9.32. The van der Waals surface area contributed by atoms with Gasteiger partial charge in [0, 0.05) is 11.8 Å². The summed E-state index contributed by atoms with van der Waals surface area (Å²) in [5.74, 6) is 0.758. The summed E-state index contributed by atoms with van der Waals surface area (Å²) in [6, 6.07) is 0.361. The predicted octanol–water partition coefficient (Wildman–Crippen LogP) is 0.566. The first-order chi connectivity index (χ1) is 5.75. The summed E-state index contributed by atoms with van der Waals surface area (Å²) in [5, 5.41) is 16.2. The van der Waals surface area contributed by atoms with Crippen LogP contribution < -0.4 is 10.6 Å². The van der Waals surface area contributed by atoms with Crippen LogP contribution in [0.2, 0.25) is 0 Å². The molecule has 68 valence electrons. The minimum Gasteiger partial charge on any atom is -0.378 e. The molecule has 0 aromatic heterocycles. The number of halogens is 1. The number of nitrogens with one attached hydrogen (secondary N) is 2. The molecular weight excluding hydrogens is 240 g/mol. The van der Waals surface area contributed by atoms with Crippen molar-refractivity contribution in [2.24, 2.45) is 0 Å². The summed E-state index contributed by atoms with van der Waals surface area (Å²) >= 11 is 5.18. The summed E-state index contributed by atoms with van der Waals surface area (Å²) < 4.78 is 1.06. The highest BCUT2D eigenvalue weighted by Gasteiger charge is 2.30. The molecule has 2 aliphatic rings. The van der Waals surface area contributed by atoms with Gasteiger partial charge in [0.15, 0.2) is 0 Å². The lowest BCUT2D eigenvalue weighted by Gasteiger charge is -2.37. The summed E-state index contributed by atoms with van der Waals surface area (Å²) in [5.41, 5.74) is 0. The van der Waals surface area contributed by atoms with Gasteiger partial charge in [0.25, 0.3) is 0 Å². The topological polar surface area (TPSA) is 44.3 Å². The highest BCUT2D eigenvalue weighted by molar-refractivity contribution is 9.11. The third-order valence-corrected chi connectivity index (χ3v) is 3.90. The normalized spacial score (nSPS) is 41.2. The van der Waals surface area contributed by atoms with Crippen LogP contribution in [0.1, 0.15) is 6.42 Å². The molecule has 0 radical (unpaired) electrons. The van der Waals surface area contributed by atoms with Gasteiger partial charge >= 0.3 is 0 Å². The predicted molar refractivity (Wildman–Crippen MR) is 53.9 cm³/mol. The zero-order chi connectivity index (χ0) is 8.55. The van der Waals surface area contributed by atoms with E-state index in [9.17, 15) is 5.11 Å². The van der Waals surface area contributed by atoms with Crippen molar-refractivity contribution in [1.82, 2.24) is 10.6 Å². The quantitative estimate of drug-likeness (QED) is 0.551. The lowest BCUT2D eigenvalue weighted by molar-refractivity contribution is 0.135. The van der Waals surface area contributed by atoms with E-state index in [1.807, 2.05) is 0 Å². The first-order valence-corrected chi connectivity index (χ1v) is 5.78. The van der Waals surface area contributed by atoms with Crippen molar-refractivity contribution in [3.8, 4) is 0 Å².